The first-order valence-electron chi connectivity index (χ1n) is 7.77. The molecule has 0 saturated carbocycles. The Hall–Kier alpha value is -1.97. The maximum Gasteiger partial charge on any atom is 0.188 e. The lowest BCUT2D eigenvalue weighted by Gasteiger charge is -2.10. The number of aliphatic imine (C=N–C) groups is 1. The first-order chi connectivity index (χ1) is 11.5. The van der Waals surface area contributed by atoms with E-state index in [4.69, 9.17) is 15.2 Å². The highest BCUT2D eigenvalue weighted by atomic mass is 127. The molecule has 2 aromatic rings. The number of ether oxygens (including phenoxy) is 2. The van der Waals surface area contributed by atoms with E-state index < -0.39 is 0 Å². The quantitative estimate of drug-likeness (QED) is 0.376. The van der Waals surface area contributed by atoms with Crippen molar-refractivity contribution in [2.75, 3.05) is 20.8 Å². The molecule has 0 saturated heterocycles. The van der Waals surface area contributed by atoms with Gasteiger partial charge in [-0.1, -0.05) is 6.07 Å². The van der Waals surface area contributed by atoms with Crippen molar-refractivity contribution < 1.29 is 9.47 Å². The topological polar surface area (TPSA) is 86.7 Å². The van der Waals surface area contributed by atoms with Crippen LogP contribution >= 0.6 is 24.0 Å². The van der Waals surface area contributed by atoms with Crippen LogP contribution in [0.25, 0.3) is 0 Å². The summed E-state index contributed by atoms with van der Waals surface area (Å²) in [5.74, 6) is 1.88. The van der Waals surface area contributed by atoms with Crippen LogP contribution in [-0.2, 0) is 20.0 Å². The van der Waals surface area contributed by atoms with Crippen molar-refractivity contribution in [3.05, 3.63) is 41.2 Å². The molecule has 0 spiro atoms. The van der Waals surface area contributed by atoms with Crippen molar-refractivity contribution in [2.24, 2.45) is 17.8 Å². The van der Waals surface area contributed by atoms with E-state index in [9.17, 15) is 0 Å². The van der Waals surface area contributed by atoms with E-state index in [0.29, 0.717) is 19.0 Å². The molecule has 0 aliphatic heterocycles. The SMILES string of the molecule is COc1ccc(CCNC(N)=NCc2cnn(C)c2C)cc1OC.I. The van der Waals surface area contributed by atoms with Gasteiger partial charge in [0.25, 0.3) is 0 Å². The number of nitrogens with zero attached hydrogens (tertiary/aromatic N) is 3. The minimum atomic E-state index is 0. The first-order valence-corrected chi connectivity index (χ1v) is 7.77. The lowest BCUT2D eigenvalue weighted by atomic mass is 10.1. The summed E-state index contributed by atoms with van der Waals surface area (Å²) in [6.07, 6.45) is 2.62. The minimum Gasteiger partial charge on any atom is -0.493 e. The molecule has 0 aliphatic rings. The van der Waals surface area contributed by atoms with Gasteiger partial charge in [-0.25, -0.2) is 4.99 Å². The Bertz CT molecular complexity index is 715. The summed E-state index contributed by atoms with van der Waals surface area (Å²) in [7, 11) is 5.17. The van der Waals surface area contributed by atoms with Gasteiger partial charge in [-0.05, 0) is 31.0 Å². The molecule has 1 heterocycles. The van der Waals surface area contributed by atoms with Crippen molar-refractivity contribution >= 4 is 29.9 Å². The normalized spacial score (nSPS) is 11.0. The molecule has 0 fully saturated rings. The number of rotatable bonds is 7. The maximum absolute atomic E-state index is 5.91. The van der Waals surface area contributed by atoms with Gasteiger partial charge in [0, 0.05) is 24.8 Å². The lowest BCUT2D eigenvalue weighted by molar-refractivity contribution is 0.354. The molecule has 25 heavy (non-hydrogen) atoms. The number of halogens is 1. The van der Waals surface area contributed by atoms with Crippen LogP contribution in [0.15, 0.2) is 29.4 Å². The summed E-state index contributed by atoms with van der Waals surface area (Å²) in [4.78, 5) is 4.35. The number of nitrogens with two attached hydrogens (primary N) is 1. The smallest absolute Gasteiger partial charge is 0.188 e. The third-order valence-corrected chi connectivity index (χ3v) is 3.92. The van der Waals surface area contributed by atoms with E-state index in [1.807, 2.05) is 43.0 Å². The molecule has 0 atom stereocenters. The molecule has 3 N–H and O–H groups in total. The predicted molar refractivity (Wildman–Crippen MR) is 110 cm³/mol. The number of guanidine groups is 1. The zero-order valence-electron chi connectivity index (χ0n) is 15.1. The molecular weight excluding hydrogens is 433 g/mol. The van der Waals surface area contributed by atoms with Gasteiger partial charge in [-0.2, -0.15) is 5.10 Å². The molecule has 0 radical (unpaired) electrons. The molecular formula is C17H26IN5O2. The van der Waals surface area contributed by atoms with Crippen molar-refractivity contribution in [1.82, 2.24) is 15.1 Å². The number of aromatic nitrogens is 2. The highest BCUT2D eigenvalue weighted by Gasteiger charge is 2.05. The molecule has 8 heteroatoms. The number of methoxy groups -OCH3 is 2. The predicted octanol–water partition coefficient (Wildman–Crippen LogP) is 2.01. The lowest BCUT2D eigenvalue weighted by Crippen LogP contribution is -2.33. The van der Waals surface area contributed by atoms with Crippen molar-refractivity contribution in [2.45, 2.75) is 19.9 Å². The zero-order chi connectivity index (χ0) is 17.5. The second-order valence-corrected chi connectivity index (χ2v) is 5.45. The van der Waals surface area contributed by atoms with E-state index in [1.54, 1.807) is 14.2 Å². The van der Waals surface area contributed by atoms with Crippen LogP contribution in [-0.4, -0.2) is 36.5 Å². The number of hydrogen-bond donors (Lipinski definition) is 2. The van der Waals surface area contributed by atoms with Gasteiger partial charge in [-0.15, -0.1) is 24.0 Å². The van der Waals surface area contributed by atoms with Crippen LogP contribution in [0, 0.1) is 6.92 Å². The Morgan fingerprint density at radius 2 is 2.00 bits per heavy atom. The van der Waals surface area contributed by atoms with E-state index in [2.05, 4.69) is 15.4 Å². The summed E-state index contributed by atoms with van der Waals surface area (Å²) in [5, 5.41) is 7.31. The van der Waals surface area contributed by atoms with Gasteiger partial charge in [0.05, 0.1) is 27.0 Å². The number of aryl methyl sites for hydroxylation is 1. The van der Waals surface area contributed by atoms with Gasteiger partial charge in [0.15, 0.2) is 17.5 Å². The largest absolute Gasteiger partial charge is 0.493 e. The highest BCUT2D eigenvalue weighted by Crippen LogP contribution is 2.27. The third kappa shape index (κ3) is 5.80. The summed E-state index contributed by atoms with van der Waals surface area (Å²) < 4.78 is 12.4. The van der Waals surface area contributed by atoms with Crippen LogP contribution < -0.4 is 20.5 Å². The van der Waals surface area contributed by atoms with Gasteiger partial charge in [0.2, 0.25) is 0 Å². The number of hydrogen-bond acceptors (Lipinski definition) is 4. The Morgan fingerprint density at radius 3 is 2.60 bits per heavy atom. The third-order valence-electron chi connectivity index (χ3n) is 3.92. The number of benzene rings is 1. The fourth-order valence-electron chi connectivity index (χ4n) is 2.30. The van der Waals surface area contributed by atoms with E-state index in [-0.39, 0.29) is 24.0 Å². The number of nitrogens with one attached hydrogen (secondary N) is 1. The molecule has 0 unspecified atom stereocenters. The monoisotopic (exact) mass is 459 g/mol. The van der Waals surface area contributed by atoms with Crippen molar-refractivity contribution in [3.63, 3.8) is 0 Å². The van der Waals surface area contributed by atoms with Gasteiger partial charge in [-0.3, -0.25) is 4.68 Å². The Morgan fingerprint density at radius 1 is 1.28 bits per heavy atom. The van der Waals surface area contributed by atoms with Crippen LogP contribution in [0.4, 0.5) is 0 Å². The van der Waals surface area contributed by atoms with E-state index in [1.165, 1.54) is 0 Å². The first kappa shape index (κ1) is 21.1. The van der Waals surface area contributed by atoms with Gasteiger partial charge < -0.3 is 20.5 Å². The molecule has 0 aliphatic carbocycles. The fourth-order valence-corrected chi connectivity index (χ4v) is 2.30. The Labute approximate surface area is 165 Å². The molecule has 7 nitrogen and oxygen atoms in total. The average Bonchev–Trinajstić information content (AvgIpc) is 2.91. The maximum atomic E-state index is 5.91. The summed E-state index contributed by atoms with van der Waals surface area (Å²) in [6, 6.07) is 5.87. The minimum absolute atomic E-state index is 0. The second-order valence-electron chi connectivity index (χ2n) is 5.45. The van der Waals surface area contributed by atoms with E-state index >= 15 is 0 Å². The highest BCUT2D eigenvalue weighted by molar-refractivity contribution is 14.0. The van der Waals surface area contributed by atoms with Crippen LogP contribution in [0.1, 0.15) is 16.8 Å². The molecule has 1 aromatic heterocycles. The molecule has 0 bridgehead atoms. The Kier molecular flexibility index (Phi) is 8.53. The standard InChI is InChI=1S/C17H25N5O2.HI/c1-12-14(11-21-22(12)2)10-20-17(18)19-8-7-13-5-6-15(23-3)16(9-13)24-4;/h5-6,9,11H,7-8,10H2,1-4H3,(H3,18,19,20);1H. The fraction of sp³-hybridized carbons (Fsp3) is 0.412. The molecule has 1 aromatic carbocycles. The summed E-state index contributed by atoms with van der Waals surface area (Å²) >= 11 is 0. The van der Waals surface area contributed by atoms with Gasteiger partial charge >= 0.3 is 0 Å². The molecule has 0 amide bonds. The van der Waals surface area contributed by atoms with Crippen LogP contribution in [0.5, 0.6) is 11.5 Å². The zero-order valence-corrected chi connectivity index (χ0v) is 17.4. The Balaban J connectivity index is 0.00000312. The summed E-state index contributed by atoms with van der Waals surface area (Å²) in [6.45, 7) is 3.23. The molecule has 2 rings (SSSR count). The van der Waals surface area contributed by atoms with Crippen molar-refractivity contribution in [3.8, 4) is 11.5 Å². The second kappa shape index (κ2) is 10.1. The average molecular weight is 459 g/mol. The summed E-state index contributed by atoms with van der Waals surface area (Å²) in [5.41, 5.74) is 9.21. The van der Waals surface area contributed by atoms with Gasteiger partial charge in [0.1, 0.15) is 0 Å². The van der Waals surface area contributed by atoms with Crippen LogP contribution in [0.2, 0.25) is 0 Å². The van der Waals surface area contributed by atoms with E-state index in [0.717, 1.165) is 34.7 Å². The molecule has 138 valence electrons. The van der Waals surface area contributed by atoms with Crippen molar-refractivity contribution in [1.29, 1.82) is 0 Å². The van der Waals surface area contributed by atoms with Crippen LogP contribution in [0.3, 0.4) is 0 Å².